The molecule has 1 amide bonds. The Morgan fingerprint density at radius 2 is 1.69 bits per heavy atom. The number of nitrogens with one attached hydrogen (secondary N) is 2. The number of rotatable bonds is 8. The predicted molar refractivity (Wildman–Crippen MR) is 137 cm³/mol. The third-order valence-corrected chi connectivity index (χ3v) is 7.73. The van der Waals surface area contributed by atoms with Gasteiger partial charge < -0.3 is 15.0 Å². The van der Waals surface area contributed by atoms with E-state index in [4.69, 9.17) is 4.74 Å². The van der Waals surface area contributed by atoms with Crippen LogP contribution in [0.2, 0.25) is 0 Å². The maximum absolute atomic E-state index is 12.9. The van der Waals surface area contributed by atoms with Gasteiger partial charge in [-0.25, -0.2) is 18.2 Å². The third kappa shape index (κ3) is 6.61. The number of carbonyl (C=O) groups excluding carboxylic acids is 2. The quantitative estimate of drug-likeness (QED) is 0.255. The Bertz CT molecular complexity index is 1410. The highest BCUT2D eigenvalue weighted by atomic mass is 32.2. The van der Waals surface area contributed by atoms with Gasteiger partial charge in [-0.15, -0.1) is 0 Å². The Kier molecular flexibility index (Phi) is 8.36. The smallest absolute Gasteiger partial charge is 0.338 e. The van der Waals surface area contributed by atoms with E-state index in [1.165, 1.54) is 24.3 Å². The van der Waals surface area contributed by atoms with Crippen molar-refractivity contribution in [2.75, 3.05) is 17.7 Å². The van der Waals surface area contributed by atoms with Gasteiger partial charge in [0.1, 0.15) is 0 Å². The third-order valence-electron chi connectivity index (χ3n) is 5.08. The molecule has 3 aromatic rings. The zero-order chi connectivity index (χ0) is 26.5. The van der Waals surface area contributed by atoms with E-state index < -0.39 is 26.3 Å². The normalized spacial score (nSPS) is 11.7. The number of carbonyl (C=O) groups is 2. The lowest BCUT2D eigenvalue weighted by Gasteiger charge is -2.19. The van der Waals surface area contributed by atoms with Crippen molar-refractivity contribution in [3.05, 3.63) is 76.2 Å². The molecule has 2 N–H and O–H groups in total. The maximum atomic E-state index is 12.9. The summed E-state index contributed by atoms with van der Waals surface area (Å²) in [5.41, 5.74) is 0.856. The highest BCUT2D eigenvalue weighted by molar-refractivity contribution is 7.99. The minimum Gasteiger partial charge on any atom is -0.462 e. The molecule has 0 atom stereocenters. The van der Waals surface area contributed by atoms with Crippen LogP contribution >= 0.6 is 11.8 Å². The summed E-state index contributed by atoms with van der Waals surface area (Å²) in [5.74, 6) is -0.904. The Hall–Kier alpha value is -3.44. The van der Waals surface area contributed by atoms with Crippen LogP contribution < -0.4 is 10.9 Å². The molecule has 2 aromatic carbocycles. The van der Waals surface area contributed by atoms with Gasteiger partial charge in [-0.2, -0.15) is 0 Å². The van der Waals surface area contributed by atoms with Crippen LogP contribution in [-0.2, 0) is 24.8 Å². The van der Waals surface area contributed by atoms with Crippen molar-refractivity contribution >= 4 is 39.2 Å². The van der Waals surface area contributed by atoms with Crippen LogP contribution in [0.4, 0.5) is 5.69 Å². The van der Waals surface area contributed by atoms with Crippen molar-refractivity contribution in [2.45, 2.75) is 48.1 Å². The summed E-state index contributed by atoms with van der Waals surface area (Å²) >= 11 is 0.949. The van der Waals surface area contributed by atoms with Crippen LogP contribution in [0.3, 0.4) is 0 Å². The van der Waals surface area contributed by atoms with Crippen molar-refractivity contribution in [2.24, 2.45) is 0 Å². The number of esters is 1. The number of aromatic nitrogens is 2. The molecule has 0 aliphatic heterocycles. The Labute approximate surface area is 213 Å². The lowest BCUT2D eigenvalue weighted by atomic mass is 9.87. The largest absolute Gasteiger partial charge is 0.462 e. The van der Waals surface area contributed by atoms with Gasteiger partial charge in [0.25, 0.3) is 5.56 Å². The molecular weight excluding hydrogens is 502 g/mol. The molecule has 0 aliphatic carbocycles. The highest BCUT2D eigenvalue weighted by Gasteiger charge is 2.23. The van der Waals surface area contributed by atoms with E-state index in [-0.39, 0.29) is 33.7 Å². The molecule has 190 valence electrons. The number of sulfone groups is 1. The minimum absolute atomic E-state index is 0.00319. The monoisotopic (exact) mass is 529 g/mol. The number of amides is 1. The standard InChI is InChI=1S/C25H27N3O6S2/c1-5-34-23(31)16-6-10-18(11-7-16)27-21(29)15-35-24-26-14-20(22(30)28-24)36(32,33)19-12-8-17(9-13-19)25(2,3)4/h6-14H,5,15H2,1-4H3,(H,27,29)(H,26,28,30). The van der Waals surface area contributed by atoms with Gasteiger partial charge >= 0.3 is 5.97 Å². The molecule has 1 heterocycles. The van der Waals surface area contributed by atoms with E-state index in [0.29, 0.717) is 11.3 Å². The van der Waals surface area contributed by atoms with Gasteiger partial charge in [0.05, 0.1) is 29.0 Å². The second kappa shape index (κ2) is 11.1. The first-order valence-electron chi connectivity index (χ1n) is 11.1. The molecule has 0 bridgehead atoms. The Balaban J connectivity index is 1.64. The summed E-state index contributed by atoms with van der Waals surface area (Å²) in [6, 6.07) is 12.6. The van der Waals surface area contributed by atoms with E-state index in [9.17, 15) is 22.8 Å². The molecule has 0 radical (unpaired) electrons. The summed E-state index contributed by atoms with van der Waals surface area (Å²) in [6.45, 7) is 8.03. The predicted octanol–water partition coefficient (Wildman–Crippen LogP) is 3.81. The number of benzene rings is 2. The van der Waals surface area contributed by atoms with Crippen LogP contribution in [-0.4, -0.2) is 42.6 Å². The SMILES string of the molecule is CCOC(=O)c1ccc(NC(=O)CSc2ncc(S(=O)(=O)c3ccc(C(C)(C)C)cc3)c(=O)[nH]2)cc1. The number of H-pyrrole nitrogens is 1. The molecule has 0 unspecified atom stereocenters. The summed E-state index contributed by atoms with van der Waals surface area (Å²) in [5, 5.41) is 2.78. The second-order valence-corrected chi connectivity index (χ2v) is 11.7. The number of nitrogens with zero attached hydrogens (tertiary/aromatic N) is 1. The lowest BCUT2D eigenvalue weighted by Crippen LogP contribution is -2.20. The van der Waals surface area contributed by atoms with Crippen LogP contribution in [0.15, 0.2) is 74.5 Å². The fourth-order valence-corrected chi connectivity index (χ4v) is 4.99. The zero-order valence-electron chi connectivity index (χ0n) is 20.3. The van der Waals surface area contributed by atoms with Crippen molar-refractivity contribution in [3.63, 3.8) is 0 Å². The van der Waals surface area contributed by atoms with Crippen molar-refractivity contribution < 1.29 is 22.7 Å². The van der Waals surface area contributed by atoms with Crippen molar-refractivity contribution in [3.8, 4) is 0 Å². The van der Waals surface area contributed by atoms with Gasteiger partial charge in [-0.3, -0.25) is 9.59 Å². The van der Waals surface area contributed by atoms with Gasteiger partial charge in [0.2, 0.25) is 15.7 Å². The number of hydrogen-bond donors (Lipinski definition) is 2. The highest BCUT2D eigenvalue weighted by Crippen LogP contribution is 2.25. The number of anilines is 1. The van der Waals surface area contributed by atoms with E-state index in [2.05, 4.69) is 15.3 Å². The number of ether oxygens (including phenoxy) is 1. The molecule has 0 fully saturated rings. The summed E-state index contributed by atoms with van der Waals surface area (Å²) in [6.07, 6.45) is 1.00. The first-order valence-corrected chi connectivity index (χ1v) is 13.5. The molecule has 9 nitrogen and oxygen atoms in total. The summed E-state index contributed by atoms with van der Waals surface area (Å²) in [4.78, 5) is 42.4. The summed E-state index contributed by atoms with van der Waals surface area (Å²) < 4.78 is 30.8. The van der Waals surface area contributed by atoms with E-state index in [1.807, 2.05) is 20.8 Å². The zero-order valence-corrected chi connectivity index (χ0v) is 22.0. The molecule has 0 aliphatic rings. The first-order chi connectivity index (χ1) is 16.9. The van der Waals surface area contributed by atoms with Gasteiger partial charge in [0.15, 0.2) is 10.1 Å². The van der Waals surface area contributed by atoms with Gasteiger partial charge in [-0.1, -0.05) is 44.7 Å². The Morgan fingerprint density at radius 3 is 2.25 bits per heavy atom. The molecule has 0 spiro atoms. The van der Waals surface area contributed by atoms with Crippen molar-refractivity contribution in [1.29, 1.82) is 0 Å². The van der Waals surface area contributed by atoms with Gasteiger partial charge in [0, 0.05) is 5.69 Å². The molecule has 0 saturated heterocycles. The number of thioether (sulfide) groups is 1. The van der Waals surface area contributed by atoms with Crippen LogP contribution in [0.1, 0.15) is 43.6 Å². The second-order valence-electron chi connectivity index (χ2n) is 8.79. The minimum atomic E-state index is -4.06. The average molecular weight is 530 g/mol. The lowest BCUT2D eigenvalue weighted by molar-refractivity contribution is -0.113. The Morgan fingerprint density at radius 1 is 1.06 bits per heavy atom. The fourth-order valence-electron chi connectivity index (χ4n) is 3.13. The molecule has 1 aromatic heterocycles. The average Bonchev–Trinajstić information content (AvgIpc) is 2.83. The van der Waals surface area contributed by atoms with E-state index in [1.54, 1.807) is 31.2 Å². The molecule has 36 heavy (non-hydrogen) atoms. The van der Waals surface area contributed by atoms with Gasteiger partial charge in [-0.05, 0) is 54.3 Å². The molecule has 3 rings (SSSR count). The summed E-state index contributed by atoms with van der Waals surface area (Å²) in [7, 11) is -4.06. The van der Waals surface area contributed by atoms with Crippen LogP contribution in [0, 0.1) is 0 Å². The number of hydrogen-bond acceptors (Lipinski definition) is 8. The van der Waals surface area contributed by atoms with Crippen molar-refractivity contribution in [1.82, 2.24) is 9.97 Å². The maximum Gasteiger partial charge on any atom is 0.338 e. The van der Waals surface area contributed by atoms with Crippen LogP contribution in [0.5, 0.6) is 0 Å². The molecule has 0 saturated carbocycles. The number of aromatic amines is 1. The molecular formula is C25H27N3O6S2. The molecule has 11 heteroatoms. The van der Waals surface area contributed by atoms with E-state index in [0.717, 1.165) is 23.5 Å². The topological polar surface area (TPSA) is 135 Å². The van der Waals surface area contributed by atoms with Crippen LogP contribution in [0.25, 0.3) is 0 Å². The first kappa shape index (κ1) is 27.2. The fraction of sp³-hybridized carbons (Fsp3) is 0.280. The van der Waals surface area contributed by atoms with E-state index >= 15 is 0 Å².